The molecule has 2 aliphatic rings. The highest BCUT2D eigenvalue weighted by molar-refractivity contribution is 5.77. The van der Waals surface area contributed by atoms with E-state index in [4.69, 9.17) is 0 Å². The summed E-state index contributed by atoms with van der Waals surface area (Å²) in [6.45, 7) is 2.86. The molecule has 5 heteroatoms. The molecule has 0 aromatic carbocycles. The average Bonchev–Trinajstić information content (AvgIpc) is 2.63. The standard InChI is InChI=1S/C20H31N3O2/c1-22(19(24)15-20(25)9-3-2-4-10-20)16-17-7-13-23(14-8-17)18-5-11-21-12-6-18/h5-6,11-12,17,25H,2-4,7-10,13-16H2,1H3. The molecular weight excluding hydrogens is 314 g/mol. The lowest BCUT2D eigenvalue weighted by molar-refractivity contribution is -0.137. The number of carbonyl (C=O) groups is 1. The van der Waals surface area contributed by atoms with Gasteiger partial charge in [0.15, 0.2) is 0 Å². The Hall–Kier alpha value is -1.62. The number of pyridine rings is 1. The van der Waals surface area contributed by atoms with Gasteiger partial charge in [-0.25, -0.2) is 0 Å². The van der Waals surface area contributed by atoms with Crippen LogP contribution in [-0.2, 0) is 4.79 Å². The summed E-state index contributed by atoms with van der Waals surface area (Å²) in [5.74, 6) is 0.647. The van der Waals surface area contributed by atoms with E-state index in [-0.39, 0.29) is 5.91 Å². The van der Waals surface area contributed by atoms with E-state index in [1.807, 2.05) is 24.3 Å². The van der Waals surface area contributed by atoms with Crippen LogP contribution in [0, 0.1) is 5.92 Å². The molecule has 1 aromatic rings. The highest BCUT2D eigenvalue weighted by atomic mass is 16.3. The monoisotopic (exact) mass is 345 g/mol. The number of aliphatic hydroxyl groups is 1. The normalized spacial score (nSPS) is 21.1. The molecule has 3 rings (SSSR count). The summed E-state index contributed by atoms with van der Waals surface area (Å²) in [5.41, 5.74) is 0.478. The van der Waals surface area contributed by atoms with Crippen molar-refractivity contribution in [1.29, 1.82) is 0 Å². The van der Waals surface area contributed by atoms with Crippen LogP contribution in [0.2, 0.25) is 0 Å². The van der Waals surface area contributed by atoms with Crippen molar-refractivity contribution in [3.05, 3.63) is 24.5 Å². The molecule has 2 fully saturated rings. The Bertz CT molecular complexity index is 549. The summed E-state index contributed by atoms with van der Waals surface area (Å²) in [5, 5.41) is 10.6. The first-order valence-electron chi connectivity index (χ1n) is 9.67. The van der Waals surface area contributed by atoms with Gasteiger partial charge >= 0.3 is 0 Å². The lowest BCUT2D eigenvalue weighted by atomic mass is 9.82. The quantitative estimate of drug-likeness (QED) is 0.891. The lowest BCUT2D eigenvalue weighted by Gasteiger charge is -2.36. The van der Waals surface area contributed by atoms with Crippen LogP contribution in [0.15, 0.2) is 24.5 Å². The van der Waals surface area contributed by atoms with Gasteiger partial charge in [-0.15, -0.1) is 0 Å². The summed E-state index contributed by atoms with van der Waals surface area (Å²) in [6.07, 6.45) is 11.0. The van der Waals surface area contributed by atoms with Crippen molar-refractivity contribution in [1.82, 2.24) is 9.88 Å². The van der Waals surface area contributed by atoms with E-state index in [0.717, 1.165) is 58.2 Å². The molecule has 1 amide bonds. The minimum Gasteiger partial charge on any atom is -0.389 e. The highest BCUT2D eigenvalue weighted by Crippen LogP contribution is 2.31. The molecule has 1 saturated heterocycles. The molecule has 138 valence electrons. The van der Waals surface area contributed by atoms with Crippen LogP contribution in [0.25, 0.3) is 0 Å². The second-order valence-corrected chi connectivity index (χ2v) is 7.87. The number of rotatable bonds is 5. The number of aromatic nitrogens is 1. The number of piperidine rings is 1. The smallest absolute Gasteiger partial charge is 0.225 e. The van der Waals surface area contributed by atoms with E-state index in [1.54, 1.807) is 0 Å². The maximum Gasteiger partial charge on any atom is 0.225 e. The molecule has 1 aliphatic heterocycles. The summed E-state index contributed by atoms with van der Waals surface area (Å²) in [4.78, 5) is 20.8. The fraction of sp³-hybridized carbons (Fsp3) is 0.700. The molecule has 5 nitrogen and oxygen atoms in total. The average molecular weight is 345 g/mol. The zero-order chi connectivity index (χ0) is 17.7. The Balaban J connectivity index is 1.44. The van der Waals surface area contributed by atoms with Crippen LogP contribution in [0.1, 0.15) is 51.4 Å². The molecular formula is C20H31N3O2. The van der Waals surface area contributed by atoms with Gasteiger partial charge in [0.2, 0.25) is 5.91 Å². The fourth-order valence-corrected chi connectivity index (χ4v) is 4.22. The predicted octanol–water partition coefficient (Wildman–Crippen LogP) is 2.84. The first-order chi connectivity index (χ1) is 12.1. The number of anilines is 1. The third-order valence-corrected chi connectivity index (χ3v) is 5.86. The lowest BCUT2D eigenvalue weighted by Crippen LogP contribution is -2.42. The van der Waals surface area contributed by atoms with E-state index >= 15 is 0 Å². The first-order valence-corrected chi connectivity index (χ1v) is 9.67. The van der Waals surface area contributed by atoms with Gasteiger partial charge in [0, 0.05) is 44.8 Å². The Morgan fingerprint density at radius 2 is 1.88 bits per heavy atom. The van der Waals surface area contributed by atoms with Crippen LogP contribution in [-0.4, -0.2) is 53.2 Å². The molecule has 25 heavy (non-hydrogen) atoms. The highest BCUT2D eigenvalue weighted by Gasteiger charge is 2.33. The van der Waals surface area contributed by atoms with Crippen molar-refractivity contribution in [3.8, 4) is 0 Å². The van der Waals surface area contributed by atoms with E-state index in [1.165, 1.54) is 12.1 Å². The SMILES string of the molecule is CN(CC1CCN(c2ccncc2)CC1)C(=O)CC1(O)CCCCC1. The van der Waals surface area contributed by atoms with Crippen molar-refractivity contribution in [2.45, 2.75) is 57.0 Å². The summed E-state index contributed by atoms with van der Waals surface area (Å²) in [6, 6.07) is 4.11. The largest absolute Gasteiger partial charge is 0.389 e. The van der Waals surface area contributed by atoms with Gasteiger partial charge in [0.05, 0.1) is 12.0 Å². The molecule has 0 atom stereocenters. The van der Waals surface area contributed by atoms with Gasteiger partial charge in [0.25, 0.3) is 0 Å². The van der Waals surface area contributed by atoms with E-state index < -0.39 is 5.60 Å². The first kappa shape index (κ1) is 18.2. The third-order valence-electron chi connectivity index (χ3n) is 5.86. The van der Waals surface area contributed by atoms with Crippen LogP contribution < -0.4 is 4.90 Å². The number of amides is 1. The minimum atomic E-state index is -0.756. The number of hydrogen-bond donors (Lipinski definition) is 1. The van der Waals surface area contributed by atoms with Crippen molar-refractivity contribution in [3.63, 3.8) is 0 Å². The van der Waals surface area contributed by atoms with E-state index in [0.29, 0.717) is 12.3 Å². The number of hydrogen-bond acceptors (Lipinski definition) is 4. The van der Waals surface area contributed by atoms with E-state index in [9.17, 15) is 9.90 Å². The third kappa shape index (κ3) is 4.94. The predicted molar refractivity (Wildman–Crippen MR) is 99.5 cm³/mol. The summed E-state index contributed by atoms with van der Waals surface area (Å²) < 4.78 is 0. The van der Waals surface area contributed by atoms with Crippen LogP contribution in [0.4, 0.5) is 5.69 Å². The van der Waals surface area contributed by atoms with Crippen LogP contribution >= 0.6 is 0 Å². The maximum atomic E-state index is 12.5. The number of nitrogens with zero attached hydrogens (tertiary/aromatic N) is 3. The Morgan fingerprint density at radius 3 is 2.52 bits per heavy atom. The number of carbonyl (C=O) groups excluding carboxylic acids is 1. The molecule has 1 aliphatic carbocycles. The molecule has 0 radical (unpaired) electrons. The van der Waals surface area contributed by atoms with Crippen molar-refractivity contribution in [2.75, 3.05) is 31.6 Å². The topological polar surface area (TPSA) is 56.7 Å². The van der Waals surface area contributed by atoms with Crippen molar-refractivity contribution in [2.24, 2.45) is 5.92 Å². The van der Waals surface area contributed by atoms with Crippen molar-refractivity contribution >= 4 is 11.6 Å². The van der Waals surface area contributed by atoms with Gasteiger partial charge in [-0.1, -0.05) is 19.3 Å². The molecule has 2 heterocycles. The van der Waals surface area contributed by atoms with Gasteiger partial charge in [-0.2, -0.15) is 0 Å². The maximum absolute atomic E-state index is 12.5. The zero-order valence-electron chi connectivity index (χ0n) is 15.4. The summed E-state index contributed by atoms with van der Waals surface area (Å²) in [7, 11) is 1.89. The zero-order valence-corrected chi connectivity index (χ0v) is 15.4. The van der Waals surface area contributed by atoms with Gasteiger partial charge < -0.3 is 14.9 Å². The second-order valence-electron chi connectivity index (χ2n) is 7.87. The van der Waals surface area contributed by atoms with Crippen LogP contribution in [0.3, 0.4) is 0 Å². The molecule has 0 unspecified atom stereocenters. The molecule has 1 aromatic heterocycles. The van der Waals surface area contributed by atoms with Crippen molar-refractivity contribution < 1.29 is 9.90 Å². The van der Waals surface area contributed by atoms with Gasteiger partial charge in [0.1, 0.15) is 0 Å². The second kappa shape index (κ2) is 8.17. The molecule has 1 N–H and O–H groups in total. The van der Waals surface area contributed by atoms with Gasteiger partial charge in [-0.05, 0) is 43.7 Å². The van der Waals surface area contributed by atoms with Crippen LogP contribution in [0.5, 0.6) is 0 Å². The Kier molecular flexibility index (Phi) is 5.94. The summed E-state index contributed by atoms with van der Waals surface area (Å²) >= 11 is 0. The Morgan fingerprint density at radius 1 is 1.24 bits per heavy atom. The fourth-order valence-electron chi connectivity index (χ4n) is 4.22. The Labute approximate surface area is 151 Å². The van der Waals surface area contributed by atoms with Gasteiger partial charge in [-0.3, -0.25) is 9.78 Å². The molecule has 0 bridgehead atoms. The molecule has 0 spiro atoms. The minimum absolute atomic E-state index is 0.0981. The molecule has 1 saturated carbocycles. The van der Waals surface area contributed by atoms with E-state index in [2.05, 4.69) is 22.0 Å².